The second kappa shape index (κ2) is 6.17. The molecule has 20 heavy (non-hydrogen) atoms. The van der Waals surface area contributed by atoms with E-state index in [1.165, 1.54) is 37.7 Å². The Morgan fingerprint density at radius 3 is 2.95 bits per heavy atom. The maximum atomic E-state index is 9.53. The highest BCUT2D eigenvalue weighted by Gasteiger charge is 2.43. The van der Waals surface area contributed by atoms with Crippen LogP contribution in [0.25, 0.3) is 0 Å². The second-order valence-electron chi connectivity index (χ2n) is 7.40. The summed E-state index contributed by atoms with van der Waals surface area (Å²) in [6, 6.07) is 2.61. The lowest BCUT2D eigenvalue weighted by Crippen LogP contribution is -2.37. The van der Waals surface area contributed by atoms with E-state index in [-0.39, 0.29) is 5.92 Å². The van der Waals surface area contributed by atoms with Gasteiger partial charge in [-0.15, -0.1) is 6.58 Å². The van der Waals surface area contributed by atoms with Gasteiger partial charge >= 0.3 is 0 Å². The third-order valence-electron chi connectivity index (χ3n) is 5.58. The fraction of sp³-hybridized carbons (Fsp3) is 0.737. The third-order valence-corrected chi connectivity index (χ3v) is 5.58. The van der Waals surface area contributed by atoms with Crippen molar-refractivity contribution in [1.82, 2.24) is 0 Å². The lowest BCUT2D eigenvalue weighted by molar-refractivity contribution is 0.174. The van der Waals surface area contributed by atoms with E-state index in [9.17, 15) is 5.26 Å². The highest BCUT2D eigenvalue weighted by Crippen LogP contribution is 2.53. The zero-order valence-corrected chi connectivity index (χ0v) is 13.4. The second-order valence-corrected chi connectivity index (χ2v) is 7.40. The van der Waals surface area contributed by atoms with E-state index in [1.807, 2.05) is 0 Å². The molecule has 0 radical (unpaired) electrons. The summed E-state index contributed by atoms with van der Waals surface area (Å²) in [5.74, 6) is 1.31. The van der Waals surface area contributed by atoms with Crippen LogP contribution in [-0.4, -0.2) is 0 Å². The Morgan fingerprint density at radius 2 is 2.30 bits per heavy atom. The first-order valence-corrected chi connectivity index (χ1v) is 8.22. The summed E-state index contributed by atoms with van der Waals surface area (Å²) in [5.41, 5.74) is 3.25. The minimum atomic E-state index is 0.246. The van der Waals surface area contributed by atoms with Crippen molar-refractivity contribution < 1.29 is 0 Å². The lowest BCUT2D eigenvalue weighted by atomic mass is 9.57. The van der Waals surface area contributed by atoms with Gasteiger partial charge in [-0.05, 0) is 62.7 Å². The van der Waals surface area contributed by atoms with Gasteiger partial charge in [0.05, 0.1) is 12.0 Å². The highest BCUT2D eigenvalue weighted by atomic mass is 14.5. The maximum Gasteiger partial charge on any atom is 0.0665 e. The van der Waals surface area contributed by atoms with Crippen molar-refractivity contribution in [2.45, 2.75) is 65.7 Å². The molecule has 1 saturated carbocycles. The van der Waals surface area contributed by atoms with Crippen molar-refractivity contribution in [2.24, 2.45) is 23.2 Å². The van der Waals surface area contributed by atoms with Crippen molar-refractivity contribution in [2.75, 3.05) is 0 Å². The number of hydrogen-bond donors (Lipinski definition) is 0. The van der Waals surface area contributed by atoms with E-state index in [4.69, 9.17) is 0 Å². The van der Waals surface area contributed by atoms with Crippen LogP contribution in [0.5, 0.6) is 0 Å². The zero-order valence-electron chi connectivity index (χ0n) is 13.4. The number of hydrogen-bond acceptors (Lipinski definition) is 1. The molecular formula is C19H29N. The normalized spacial score (nSPS) is 36.7. The molecule has 0 bridgehead atoms. The first-order chi connectivity index (χ1) is 9.48. The summed E-state index contributed by atoms with van der Waals surface area (Å²) in [6.45, 7) is 10.8. The molecule has 2 rings (SSSR count). The van der Waals surface area contributed by atoms with Crippen LogP contribution in [-0.2, 0) is 0 Å². The van der Waals surface area contributed by atoms with Gasteiger partial charge in [0.1, 0.15) is 0 Å². The van der Waals surface area contributed by atoms with Crippen LogP contribution in [0, 0.1) is 34.5 Å². The van der Waals surface area contributed by atoms with Gasteiger partial charge in [0.25, 0.3) is 0 Å². The monoisotopic (exact) mass is 271 g/mol. The molecule has 0 aliphatic heterocycles. The minimum absolute atomic E-state index is 0.246. The van der Waals surface area contributed by atoms with Crippen molar-refractivity contribution >= 4 is 0 Å². The summed E-state index contributed by atoms with van der Waals surface area (Å²) < 4.78 is 0. The van der Waals surface area contributed by atoms with Crippen LogP contribution >= 0.6 is 0 Å². The van der Waals surface area contributed by atoms with Gasteiger partial charge in [0, 0.05) is 0 Å². The minimum Gasteiger partial charge on any atom is -0.198 e. The van der Waals surface area contributed by atoms with Crippen molar-refractivity contribution in [1.29, 1.82) is 5.26 Å². The Morgan fingerprint density at radius 1 is 1.55 bits per heavy atom. The molecule has 0 aromatic carbocycles. The average Bonchev–Trinajstić information content (AvgIpc) is 2.38. The molecule has 1 heteroatoms. The molecule has 0 spiro atoms. The topological polar surface area (TPSA) is 23.8 Å². The Labute approximate surface area is 124 Å². The SMILES string of the molecule is C=C(C)CCC[C@]1(C)CCC[C@H]2C1=CC[C@H](C)C2C#N. The quantitative estimate of drug-likeness (QED) is 0.606. The molecule has 2 aliphatic rings. The number of fused-ring (bicyclic) bond motifs is 1. The van der Waals surface area contributed by atoms with Crippen molar-refractivity contribution in [3.05, 3.63) is 23.8 Å². The average molecular weight is 271 g/mol. The molecule has 0 heterocycles. The fourth-order valence-corrected chi connectivity index (χ4v) is 4.35. The van der Waals surface area contributed by atoms with Crippen LogP contribution in [0.4, 0.5) is 0 Å². The number of nitrogens with zero attached hydrogens (tertiary/aromatic N) is 1. The Hall–Kier alpha value is -1.03. The first-order valence-electron chi connectivity index (χ1n) is 8.22. The predicted octanol–water partition coefficient (Wildman–Crippen LogP) is 5.65. The summed E-state index contributed by atoms with van der Waals surface area (Å²) in [6.07, 6.45) is 11.0. The van der Waals surface area contributed by atoms with Gasteiger partial charge in [-0.3, -0.25) is 0 Å². The molecule has 0 amide bonds. The van der Waals surface area contributed by atoms with E-state index in [1.54, 1.807) is 5.57 Å². The molecule has 0 N–H and O–H groups in total. The third kappa shape index (κ3) is 3.00. The predicted molar refractivity (Wildman–Crippen MR) is 85.1 cm³/mol. The van der Waals surface area contributed by atoms with E-state index in [2.05, 4.69) is 39.5 Å². The molecular weight excluding hydrogens is 242 g/mol. The zero-order chi connectivity index (χ0) is 14.8. The standard InChI is InChI=1S/C19H29N/c1-14(2)7-5-11-19(4)12-6-8-16-17(13-20)15(3)9-10-18(16)19/h10,15-17H,1,5-9,11-12H2,2-4H3/t15-,16+,17?,19+/m0/s1. The molecule has 0 saturated heterocycles. The highest BCUT2D eigenvalue weighted by molar-refractivity contribution is 5.25. The maximum absolute atomic E-state index is 9.53. The number of nitriles is 1. The van der Waals surface area contributed by atoms with Gasteiger partial charge in [-0.25, -0.2) is 0 Å². The van der Waals surface area contributed by atoms with Crippen LogP contribution in [0.1, 0.15) is 65.7 Å². The molecule has 0 aromatic heterocycles. The van der Waals surface area contributed by atoms with Crippen LogP contribution < -0.4 is 0 Å². The summed E-state index contributed by atoms with van der Waals surface area (Å²) in [7, 11) is 0. The van der Waals surface area contributed by atoms with E-state index in [0.717, 1.165) is 12.8 Å². The van der Waals surface area contributed by atoms with Crippen molar-refractivity contribution in [3.63, 3.8) is 0 Å². The van der Waals surface area contributed by atoms with E-state index < -0.39 is 0 Å². The van der Waals surface area contributed by atoms with Gasteiger partial charge in [0.15, 0.2) is 0 Å². The van der Waals surface area contributed by atoms with Gasteiger partial charge in [-0.1, -0.05) is 37.5 Å². The number of rotatable bonds is 4. The molecule has 110 valence electrons. The Bertz CT molecular complexity index is 439. The van der Waals surface area contributed by atoms with E-state index in [0.29, 0.717) is 17.3 Å². The molecule has 1 nitrogen and oxygen atoms in total. The van der Waals surface area contributed by atoms with Gasteiger partial charge in [0.2, 0.25) is 0 Å². The molecule has 2 aliphatic carbocycles. The number of allylic oxidation sites excluding steroid dienone is 3. The Balaban J connectivity index is 2.14. The van der Waals surface area contributed by atoms with Gasteiger partial charge < -0.3 is 0 Å². The summed E-state index contributed by atoms with van der Waals surface area (Å²) >= 11 is 0. The molecule has 0 aromatic rings. The van der Waals surface area contributed by atoms with Gasteiger partial charge in [-0.2, -0.15) is 5.26 Å². The molecule has 1 fully saturated rings. The van der Waals surface area contributed by atoms with Crippen LogP contribution in [0.15, 0.2) is 23.8 Å². The molecule has 4 atom stereocenters. The van der Waals surface area contributed by atoms with Crippen LogP contribution in [0.2, 0.25) is 0 Å². The lowest BCUT2D eigenvalue weighted by Gasteiger charge is -2.46. The van der Waals surface area contributed by atoms with Crippen LogP contribution in [0.3, 0.4) is 0 Å². The molecule has 1 unspecified atom stereocenters. The first kappa shape index (κ1) is 15.4. The smallest absolute Gasteiger partial charge is 0.0665 e. The largest absolute Gasteiger partial charge is 0.198 e. The summed E-state index contributed by atoms with van der Waals surface area (Å²) in [4.78, 5) is 0. The fourth-order valence-electron chi connectivity index (χ4n) is 4.35. The summed E-state index contributed by atoms with van der Waals surface area (Å²) in [5, 5.41) is 9.53. The Kier molecular flexibility index (Phi) is 4.74. The van der Waals surface area contributed by atoms with E-state index >= 15 is 0 Å². The van der Waals surface area contributed by atoms with Crippen molar-refractivity contribution in [3.8, 4) is 6.07 Å².